The molecule has 0 saturated carbocycles. The molecule has 8 nitrogen and oxygen atoms in total. The summed E-state index contributed by atoms with van der Waals surface area (Å²) >= 11 is 0. The van der Waals surface area contributed by atoms with E-state index in [1.54, 1.807) is 6.08 Å². The van der Waals surface area contributed by atoms with Gasteiger partial charge in [-0.15, -0.1) is 0 Å². The number of quaternary nitrogens is 1. The van der Waals surface area contributed by atoms with Crippen molar-refractivity contribution in [2.75, 3.05) is 40.9 Å². The predicted octanol–water partition coefficient (Wildman–Crippen LogP) is 16.2. The van der Waals surface area contributed by atoms with Crippen LogP contribution in [0, 0.1) is 0 Å². The summed E-state index contributed by atoms with van der Waals surface area (Å²) in [6.07, 6.45) is 73.2. The van der Waals surface area contributed by atoms with E-state index in [1.165, 1.54) is 109 Å². The molecule has 1 amide bonds. The minimum atomic E-state index is -4.63. The fourth-order valence-corrected chi connectivity index (χ4v) is 8.09. The van der Waals surface area contributed by atoms with Crippen LogP contribution < -0.4 is 10.2 Å². The molecule has 0 spiro atoms. The molecule has 0 fully saturated rings. The maximum absolute atomic E-state index is 12.9. The van der Waals surface area contributed by atoms with Crippen LogP contribution in [0.2, 0.25) is 0 Å². The van der Waals surface area contributed by atoms with E-state index in [0.717, 1.165) is 70.6 Å². The highest BCUT2D eigenvalue weighted by Crippen LogP contribution is 2.38. The van der Waals surface area contributed by atoms with Gasteiger partial charge < -0.3 is 28.8 Å². The zero-order valence-electron chi connectivity index (χ0n) is 45.0. The summed E-state index contributed by atoms with van der Waals surface area (Å²) in [5.74, 6) is -0.257. The molecule has 0 radical (unpaired) electrons. The molecule has 0 saturated heterocycles. The van der Waals surface area contributed by atoms with Gasteiger partial charge >= 0.3 is 0 Å². The van der Waals surface area contributed by atoms with Crippen molar-refractivity contribution in [1.82, 2.24) is 5.32 Å². The molecule has 0 aromatic carbocycles. The van der Waals surface area contributed by atoms with E-state index >= 15 is 0 Å². The van der Waals surface area contributed by atoms with E-state index in [1.807, 2.05) is 27.2 Å². The Bertz CT molecular complexity index is 1490. The molecule has 396 valence electrons. The number of aliphatic hydroxyl groups excluding tert-OH is 1. The third-order valence-corrected chi connectivity index (χ3v) is 12.7. The summed E-state index contributed by atoms with van der Waals surface area (Å²) < 4.78 is 23.3. The zero-order chi connectivity index (χ0) is 50.6. The van der Waals surface area contributed by atoms with Crippen molar-refractivity contribution in [2.24, 2.45) is 0 Å². The summed E-state index contributed by atoms with van der Waals surface area (Å²) in [6.45, 7) is 4.47. The number of carbonyl (C=O) groups excluding carboxylic acids is 1. The lowest BCUT2D eigenvalue weighted by molar-refractivity contribution is -0.870. The Balaban J connectivity index is 4.42. The second kappa shape index (κ2) is 50.1. The summed E-state index contributed by atoms with van der Waals surface area (Å²) in [4.78, 5) is 25.4. The molecule has 9 heteroatoms. The number of carbonyl (C=O) groups is 1. The number of hydrogen-bond acceptors (Lipinski definition) is 6. The highest BCUT2D eigenvalue weighted by Gasteiger charge is 2.23. The molecule has 3 atom stereocenters. The number of likely N-dealkylation sites (N-methyl/N-ethyl adjacent to an activating group) is 1. The summed E-state index contributed by atoms with van der Waals surface area (Å²) in [5.41, 5.74) is 0. The van der Waals surface area contributed by atoms with Gasteiger partial charge in [-0.3, -0.25) is 9.36 Å². The first-order chi connectivity index (χ1) is 33.5. The molecule has 0 rings (SSSR count). The third-order valence-electron chi connectivity index (χ3n) is 11.7. The number of phosphoric acid groups is 1. The van der Waals surface area contributed by atoms with Crippen molar-refractivity contribution >= 4 is 13.7 Å². The number of nitrogens with zero attached hydrogens (tertiary/aromatic N) is 1. The lowest BCUT2D eigenvalue weighted by atomic mass is 10.0. The number of allylic oxidation sites excluding steroid dienone is 17. The number of rotatable bonds is 49. The van der Waals surface area contributed by atoms with Crippen molar-refractivity contribution < 1.29 is 32.9 Å². The Morgan fingerprint density at radius 3 is 1.35 bits per heavy atom. The maximum atomic E-state index is 12.9. The van der Waals surface area contributed by atoms with E-state index in [2.05, 4.69) is 116 Å². The van der Waals surface area contributed by atoms with Gasteiger partial charge in [-0.2, -0.15) is 0 Å². The van der Waals surface area contributed by atoms with Crippen LogP contribution >= 0.6 is 7.82 Å². The number of nitrogens with one attached hydrogen (secondary N) is 1. The second-order valence-corrected chi connectivity index (χ2v) is 20.9. The molecule has 3 unspecified atom stereocenters. The number of phosphoric ester groups is 1. The smallest absolute Gasteiger partial charge is 0.268 e. The van der Waals surface area contributed by atoms with Crippen LogP contribution in [0.25, 0.3) is 0 Å². The fraction of sp³-hybridized carbons (Fsp3) is 0.683. The molecule has 0 aliphatic heterocycles. The van der Waals surface area contributed by atoms with Crippen molar-refractivity contribution in [3.8, 4) is 0 Å². The van der Waals surface area contributed by atoms with Gasteiger partial charge in [0.15, 0.2) is 0 Å². The first kappa shape index (κ1) is 66.2. The normalized spacial score (nSPS) is 14.8. The molecule has 69 heavy (non-hydrogen) atoms. The Morgan fingerprint density at radius 1 is 0.522 bits per heavy atom. The van der Waals surface area contributed by atoms with Crippen LogP contribution in [0.4, 0.5) is 0 Å². The zero-order valence-corrected chi connectivity index (χ0v) is 45.9. The molecule has 0 heterocycles. The van der Waals surface area contributed by atoms with E-state index in [-0.39, 0.29) is 18.9 Å². The highest BCUT2D eigenvalue weighted by molar-refractivity contribution is 7.45. The molecule has 0 aliphatic carbocycles. The first-order valence-corrected chi connectivity index (χ1v) is 29.2. The predicted molar refractivity (Wildman–Crippen MR) is 297 cm³/mol. The van der Waals surface area contributed by atoms with Crippen LogP contribution in [0.3, 0.4) is 0 Å². The largest absolute Gasteiger partial charge is 0.756 e. The Kier molecular flexibility index (Phi) is 48.1. The molecule has 0 aliphatic rings. The van der Waals surface area contributed by atoms with Gasteiger partial charge in [0.05, 0.1) is 39.9 Å². The van der Waals surface area contributed by atoms with Crippen LogP contribution in [-0.2, 0) is 18.4 Å². The minimum Gasteiger partial charge on any atom is -0.756 e. The van der Waals surface area contributed by atoms with E-state index < -0.39 is 26.6 Å². The maximum Gasteiger partial charge on any atom is 0.268 e. The van der Waals surface area contributed by atoms with Gasteiger partial charge in [-0.25, -0.2) is 0 Å². The second-order valence-electron chi connectivity index (χ2n) is 19.5. The van der Waals surface area contributed by atoms with Crippen LogP contribution in [0.1, 0.15) is 213 Å². The number of unbranched alkanes of at least 4 members (excludes halogenated alkanes) is 20. The number of aliphatic hydroxyl groups is 1. The first-order valence-electron chi connectivity index (χ1n) is 27.7. The average molecular weight is 981 g/mol. The average Bonchev–Trinajstić information content (AvgIpc) is 3.31. The monoisotopic (exact) mass is 981 g/mol. The van der Waals surface area contributed by atoms with E-state index in [0.29, 0.717) is 23.9 Å². The topological polar surface area (TPSA) is 108 Å². The van der Waals surface area contributed by atoms with Gasteiger partial charge in [-0.1, -0.05) is 220 Å². The van der Waals surface area contributed by atoms with Gasteiger partial charge in [0.2, 0.25) is 5.91 Å². The molecule has 0 aromatic rings. The highest BCUT2D eigenvalue weighted by atomic mass is 31.2. The quantitative estimate of drug-likeness (QED) is 0.0272. The van der Waals surface area contributed by atoms with Crippen molar-refractivity contribution in [3.05, 3.63) is 109 Å². The van der Waals surface area contributed by atoms with Crippen molar-refractivity contribution in [3.63, 3.8) is 0 Å². The minimum absolute atomic E-state index is 0.0239. The lowest BCUT2D eigenvalue weighted by Crippen LogP contribution is -2.45. The van der Waals surface area contributed by atoms with Crippen LogP contribution in [0.15, 0.2) is 109 Å². The third kappa shape index (κ3) is 52.8. The molecule has 2 N–H and O–H groups in total. The summed E-state index contributed by atoms with van der Waals surface area (Å²) in [6, 6.07) is -0.942. The Morgan fingerprint density at radius 2 is 0.899 bits per heavy atom. The fourth-order valence-electron chi connectivity index (χ4n) is 7.36. The van der Waals surface area contributed by atoms with Crippen LogP contribution in [-0.4, -0.2) is 68.5 Å². The Labute approximate surface area is 425 Å². The van der Waals surface area contributed by atoms with Gasteiger partial charge in [0, 0.05) is 6.42 Å². The SMILES string of the molecule is CC/C=C\C/C=C\C/C=C\C/C=C\C/C=C\C/C=C\CCCCC(=O)NC(COP(=O)([O-])OCC[N+](C)(C)C)C(O)/C=C/CC/C=C/CC/C=C/CCCCCCCCCCCCCCCCCC. The van der Waals surface area contributed by atoms with Crippen LogP contribution in [0.5, 0.6) is 0 Å². The van der Waals surface area contributed by atoms with Gasteiger partial charge in [0.1, 0.15) is 13.2 Å². The lowest BCUT2D eigenvalue weighted by Gasteiger charge is -2.29. The number of hydrogen-bond donors (Lipinski definition) is 2. The summed E-state index contributed by atoms with van der Waals surface area (Å²) in [7, 11) is 1.19. The number of amides is 1. The van der Waals surface area contributed by atoms with Gasteiger partial charge in [0.25, 0.3) is 7.82 Å². The van der Waals surface area contributed by atoms with E-state index in [4.69, 9.17) is 9.05 Å². The Hall–Kier alpha value is -2.84. The van der Waals surface area contributed by atoms with E-state index in [9.17, 15) is 19.4 Å². The van der Waals surface area contributed by atoms with Crippen molar-refractivity contribution in [2.45, 2.75) is 225 Å². The molecule has 0 aromatic heterocycles. The van der Waals surface area contributed by atoms with Gasteiger partial charge in [-0.05, 0) is 96.3 Å². The molecular formula is C60H105N2O6P. The standard InChI is InChI=1S/C60H105N2O6P/c1-6-8-10-12-14-16-18-20-22-24-26-28-29-30-31-32-34-35-37-39-41-43-45-47-49-51-53-59(63)58(57-68-69(65,66)67-56-55-62(3,4)5)61-60(64)54-52-50-48-46-44-42-40-38-36-33-27-25-23-21-19-17-15-13-11-9-7-2/h9,11,15,17,21,23,27,33,35,37-38,40,43-46,51,53,58-59,63H,6-8,10,12-14,16,18-20,22,24-26,28-32,34,36,39,41-42,47-50,52,54-57H2,1-5H3,(H-,61,64,65,66)/b11-9-,17-15-,23-21-,33-27-,37-35+,40-38-,45-43+,46-44-,53-51+. The summed E-state index contributed by atoms with van der Waals surface area (Å²) in [5, 5.41) is 13.8. The molecular weight excluding hydrogens is 876 g/mol. The molecule has 0 bridgehead atoms. The van der Waals surface area contributed by atoms with Crippen molar-refractivity contribution in [1.29, 1.82) is 0 Å².